The van der Waals surface area contributed by atoms with Gasteiger partial charge in [0.25, 0.3) is 0 Å². The van der Waals surface area contributed by atoms with Crippen molar-refractivity contribution >= 4 is 22.9 Å². The van der Waals surface area contributed by atoms with Gasteiger partial charge in [-0.25, -0.2) is 9.59 Å². The van der Waals surface area contributed by atoms with Gasteiger partial charge in [0, 0.05) is 31.4 Å². The summed E-state index contributed by atoms with van der Waals surface area (Å²) >= 11 is 0. The lowest BCUT2D eigenvalue weighted by Gasteiger charge is -2.47. The first kappa shape index (κ1) is 17.4. The Hall–Kier alpha value is -2.44. The van der Waals surface area contributed by atoms with Crippen LogP contribution in [-0.2, 0) is 4.74 Å². The van der Waals surface area contributed by atoms with Gasteiger partial charge in [-0.05, 0) is 46.8 Å². The Balaban J connectivity index is 1.78. The molecule has 3 rings (SSSR count). The fourth-order valence-corrected chi connectivity index (χ4v) is 3.16. The van der Waals surface area contributed by atoms with Crippen molar-refractivity contribution in [2.24, 2.45) is 0 Å². The molecule has 0 aliphatic carbocycles. The fourth-order valence-electron chi connectivity index (χ4n) is 3.16. The van der Waals surface area contributed by atoms with Crippen molar-refractivity contribution in [1.29, 1.82) is 0 Å². The first-order chi connectivity index (χ1) is 11.5. The number of nitrogens with one attached hydrogen (secondary N) is 1. The minimum atomic E-state index is -0.513. The van der Waals surface area contributed by atoms with Gasteiger partial charge in [-0.1, -0.05) is 0 Å². The summed E-state index contributed by atoms with van der Waals surface area (Å²) in [6.07, 6.45) is -0.288. The van der Waals surface area contributed by atoms with Gasteiger partial charge >= 0.3 is 11.8 Å². The van der Waals surface area contributed by atoms with E-state index in [1.165, 1.54) is 0 Å². The van der Waals surface area contributed by atoms with E-state index in [-0.39, 0.29) is 11.6 Å². The number of benzene rings is 1. The number of rotatable bonds is 1. The molecule has 1 aliphatic heterocycles. The maximum Gasteiger partial charge on any atom is 0.417 e. The van der Waals surface area contributed by atoms with E-state index in [0.29, 0.717) is 30.7 Å². The van der Waals surface area contributed by atoms with E-state index in [4.69, 9.17) is 9.15 Å². The summed E-state index contributed by atoms with van der Waals surface area (Å²) in [5.74, 6) is -0.456. The largest absolute Gasteiger partial charge is 0.444 e. The van der Waals surface area contributed by atoms with E-state index in [0.717, 1.165) is 5.69 Å². The van der Waals surface area contributed by atoms with Crippen molar-refractivity contribution in [3.05, 3.63) is 28.7 Å². The molecule has 2 heterocycles. The zero-order valence-electron chi connectivity index (χ0n) is 15.4. The summed E-state index contributed by atoms with van der Waals surface area (Å²) in [4.78, 5) is 30.4. The molecule has 1 aliphatic rings. The second kappa shape index (κ2) is 5.82. The highest BCUT2D eigenvalue weighted by molar-refractivity contribution is 5.77. The van der Waals surface area contributed by atoms with Crippen LogP contribution in [0, 0.1) is 0 Å². The molecule has 0 spiro atoms. The molecule has 0 saturated carbocycles. The topological polar surface area (TPSA) is 78.8 Å². The second-order valence-electron chi connectivity index (χ2n) is 8.06. The molecule has 25 heavy (non-hydrogen) atoms. The minimum absolute atomic E-state index is 0.288. The first-order valence-electron chi connectivity index (χ1n) is 8.44. The number of amides is 1. The summed E-state index contributed by atoms with van der Waals surface area (Å²) in [6.45, 7) is 11.6. The van der Waals surface area contributed by atoms with Crippen LogP contribution in [0.1, 0.15) is 34.6 Å². The van der Waals surface area contributed by atoms with Gasteiger partial charge in [0.15, 0.2) is 5.58 Å². The maximum atomic E-state index is 12.5. The van der Waals surface area contributed by atoms with Gasteiger partial charge in [0.1, 0.15) is 5.60 Å². The number of hydrogen-bond donors (Lipinski definition) is 1. The van der Waals surface area contributed by atoms with Crippen LogP contribution < -0.4 is 10.7 Å². The Kier molecular flexibility index (Phi) is 4.05. The van der Waals surface area contributed by atoms with E-state index < -0.39 is 11.4 Å². The standard InChI is InChI=1S/C18H25N3O4/c1-17(2,3)25-16(23)21-9-8-20(11-18(21,4)5)12-6-7-13-14(10-12)24-15(22)19-13/h6-7,10H,8-9,11H2,1-5H3,(H,19,22). The molecular formula is C18H25N3O4. The van der Waals surface area contributed by atoms with Gasteiger partial charge in [-0.3, -0.25) is 9.88 Å². The van der Waals surface area contributed by atoms with Crippen molar-refractivity contribution in [3.8, 4) is 0 Å². The predicted molar refractivity (Wildman–Crippen MR) is 96.1 cm³/mol. The fraction of sp³-hybridized carbons (Fsp3) is 0.556. The van der Waals surface area contributed by atoms with Crippen molar-refractivity contribution in [2.75, 3.05) is 24.5 Å². The van der Waals surface area contributed by atoms with Gasteiger partial charge < -0.3 is 14.1 Å². The van der Waals surface area contributed by atoms with Crippen LogP contribution in [-0.4, -0.2) is 46.8 Å². The molecule has 1 amide bonds. The molecule has 1 N–H and O–H groups in total. The normalized spacial score (nSPS) is 17.8. The first-order valence-corrected chi connectivity index (χ1v) is 8.44. The van der Waals surface area contributed by atoms with E-state index >= 15 is 0 Å². The maximum absolute atomic E-state index is 12.5. The van der Waals surface area contributed by atoms with E-state index in [1.807, 2.05) is 52.8 Å². The summed E-state index contributed by atoms with van der Waals surface area (Å²) in [6, 6.07) is 5.64. The molecule has 1 fully saturated rings. The van der Waals surface area contributed by atoms with Gasteiger partial charge in [-0.15, -0.1) is 0 Å². The molecule has 0 unspecified atom stereocenters. The summed E-state index contributed by atoms with van der Waals surface area (Å²) in [5.41, 5.74) is 1.29. The van der Waals surface area contributed by atoms with Gasteiger partial charge in [0.2, 0.25) is 0 Å². The predicted octanol–water partition coefficient (Wildman–Crippen LogP) is 2.96. The van der Waals surface area contributed by atoms with Crippen molar-refractivity contribution in [2.45, 2.75) is 45.8 Å². The smallest absolute Gasteiger partial charge is 0.417 e. The number of hydrogen-bond acceptors (Lipinski definition) is 5. The number of aromatic amines is 1. The SMILES string of the molecule is CC(C)(C)OC(=O)N1CCN(c2ccc3[nH]c(=O)oc3c2)CC1(C)C. The van der Waals surface area contributed by atoms with Gasteiger partial charge in [-0.2, -0.15) is 0 Å². The minimum Gasteiger partial charge on any atom is -0.444 e. The third kappa shape index (κ3) is 3.65. The molecule has 1 saturated heterocycles. The molecule has 7 nitrogen and oxygen atoms in total. The number of ether oxygens (including phenoxy) is 1. The molecule has 1 aromatic carbocycles. The monoisotopic (exact) mass is 347 g/mol. The number of anilines is 1. The average Bonchev–Trinajstić information content (AvgIpc) is 2.83. The molecule has 0 radical (unpaired) electrons. The molecule has 0 atom stereocenters. The van der Waals surface area contributed by atoms with Crippen LogP contribution in [0.5, 0.6) is 0 Å². The molecule has 0 bridgehead atoms. The lowest BCUT2D eigenvalue weighted by molar-refractivity contribution is 0.000377. The molecule has 1 aromatic heterocycles. The molecule has 2 aromatic rings. The van der Waals surface area contributed by atoms with Crippen molar-refractivity contribution < 1.29 is 13.9 Å². The highest BCUT2D eigenvalue weighted by atomic mass is 16.6. The van der Waals surface area contributed by atoms with Crippen LogP contribution in [0.15, 0.2) is 27.4 Å². The number of oxazole rings is 1. The average molecular weight is 347 g/mol. The van der Waals surface area contributed by atoms with Crippen LogP contribution >= 0.6 is 0 Å². The number of carbonyl (C=O) groups is 1. The number of piperazine rings is 1. The van der Waals surface area contributed by atoms with Crippen molar-refractivity contribution in [3.63, 3.8) is 0 Å². The highest BCUT2D eigenvalue weighted by Gasteiger charge is 2.39. The van der Waals surface area contributed by atoms with E-state index in [1.54, 1.807) is 4.90 Å². The third-order valence-corrected chi connectivity index (χ3v) is 4.29. The second-order valence-corrected chi connectivity index (χ2v) is 8.06. The van der Waals surface area contributed by atoms with E-state index in [2.05, 4.69) is 9.88 Å². The van der Waals surface area contributed by atoms with Crippen LogP contribution in [0.3, 0.4) is 0 Å². The Labute approximate surface area is 146 Å². The summed E-state index contributed by atoms with van der Waals surface area (Å²) in [7, 11) is 0. The van der Waals surface area contributed by atoms with Crippen LogP contribution in [0.25, 0.3) is 11.1 Å². The van der Waals surface area contributed by atoms with Crippen LogP contribution in [0.2, 0.25) is 0 Å². The molecule has 136 valence electrons. The summed E-state index contributed by atoms with van der Waals surface area (Å²) < 4.78 is 10.7. The Morgan fingerprint density at radius 1 is 1.28 bits per heavy atom. The molecular weight excluding hydrogens is 322 g/mol. The molecule has 7 heteroatoms. The Bertz CT molecular complexity index is 844. The third-order valence-electron chi connectivity index (χ3n) is 4.29. The lowest BCUT2D eigenvalue weighted by atomic mass is 9.98. The number of aromatic nitrogens is 1. The zero-order valence-corrected chi connectivity index (χ0v) is 15.4. The number of H-pyrrole nitrogens is 1. The van der Waals surface area contributed by atoms with E-state index in [9.17, 15) is 9.59 Å². The van der Waals surface area contributed by atoms with Gasteiger partial charge in [0.05, 0.1) is 11.1 Å². The Morgan fingerprint density at radius 2 is 2.00 bits per heavy atom. The zero-order chi connectivity index (χ0) is 18.4. The Morgan fingerprint density at radius 3 is 2.64 bits per heavy atom. The van der Waals surface area contributed by atoms with Crippen LogP contribution in [0.4, 0.5) is 10.5 Å². The number of carbonyl (C=O) groups excluding carboxylic acids is 1. The summed E-state index contributed by atoms with van der Waals surface area (Å²) in [5, 5.41) is 0. The lowest BCUT2D eigenvalue weighted by Crippen LogP contribution is -2.61. The number of fused-ring (bicyclic) bond motifs is 1. The van der Waals surface area contributed by atoms with Crippen molar-refractivity contribution in [1.82, 2.24) is 9.88 Å². The highest BCUT2D eigenvalue weighted by Crippen LogP contribution is 2.28. The quantitative estimate of drug-likeness (QED) is 0.858. The number of nitrogens with zero attached hydrogens (tertiary/aromatic N) is 2.